The number of hydrogen-bond donors (Lipinski definition) is 0. The van der Waals surface area contributed by atoms with Gasteiger partial charge >= 0.3 is 59.7 Å². The van der Waals surface area contributed by atoms with Crippen molar-refractivity contribution in [3.05, 3.63) is 24.3 Å². The minimum atomic E-state index is -1.62. The normalized spacial score (nSPS) is 24.4. The van der Waals surface area contributed by atoms with E-state index in [1.807, 2.05) is 0 Å². The van der Waals surface area contributed by atoms with Crippen molar-refractivity contribution in [2.45, 2.75) is 305 Å². The monoisotopic (exact) mass is 1630 g/mol. The summed E-state index contributed by atoms with van der Waals surface area (Å²) < 4.78 is 90.0. The molecule has 0 aromatic heterocycles. The minimum Gasteiger partial charge on any atom is -0.466 e. The maximum Gasteiger partial charge on any atom is 0.338 e. The van der Waals surface area contributed by atoms with Crippen molar-refractivity contribution in [1.82, 2.24) is 0 Å². The van der Waals surface area contributed by atoms with Gasteiger partial charge in [-0.1, -0.05) is 205 Å². The van der Waals surface area contributed by atoms with Crippen LogP contribution in [0.25, 0.3) is 0 Å². The van der Waals surface area contributed by atoms with E-state index in [-0.39, 0.29) is 118 Å². The van der Waals surface area contributed by atoms with Gasteiger partial charge in [0.2, 0.25) is 0 Å². The van der Waals surface area contributed by atoms with E-state index in [0.29, 0.717) is 76.8 Å². The Morgan fingerprint density at radius 3 is 0.714 bits per heavy atom. The highest BCUT2D eigenvalue weighted by Crippen LogP contribution is 2.24. The van der Waals surface area contributed by atoms with Crippen molar-refractivity contribution in [3.8, 4) is 0 Å². The van der Waals surface area contributed by atoms with Crippen molar-refractivity contribution in [2.24, 2.45) is 0 Å². The van der Waals surface area contributed by atoms with E-state index in [1.54, 1.807) is 0 Å². The van der Waals surface area contributed by atoms with E-state index < -0.39 is 82.4 Å². The van der Waals surface area contributed by atoms with E-state index in [4.69, 9.17) is 75.8 Å². The third-order valence-corrected chi connectivity index (χ3v) is 21.3. The van der Waals surface area contributed by atoms with Crippen LogP contribution in [0.1, 0.15) is 283 Å². The van der Waals surface area contributed by atoms with Crippen LogP contribution in [-0.2, 0) is 124 Å². The van der Waals surface area contributed by atoms with Gasteiger partial charge in [0.1, 0.15) is 10.5 Å². The van der Waals surface area contributed by atoms with Crippen LogP contribution in [0.15, 0.2) is 24.3 Å². The molecule has 0 radical (unpaired) electrons. The van der Waals surface area contributed by atoms with Crippen LogP contribution < -0.4 is 0 Å². The molecular weight excluding hydrogens is 1490 g/mol. The highest BCUT2D eigenvalue weighted by molar-refractivity contribution is 8.00. The topological polar surface area (TPSA) is 318 Å². The Morgan fingerprint density at radius 2 is 0.473 bits per heavy atom. The Hall–Kier alpha value is -5.36. The lowest BCUT2D eigenvalue weighted by molar-refractivity contribution is -0.186. The molecule has 3 heterocycles. The first-order valence-electron chi connectivity index (χ1n) is 42.7. The van der Waals surface area contributed by atoms with E-state index in [2.05, 4.69) is 0 Å². The largest absolute Gasteiger partial charge is 0.466 e. The molecule has 0 aromatic rings. The van der Waals surface area contributed by atoms with Crippen LogP contribution in [0.3, 0.4) is 0 Å². The summed E-state index contributed by atoms with van der Waals surface area (Å²) in [5.74, 6) is -5.49. The molecule has 26 nitrogen and oxygen atoms in total. The van der Waals surface area contributed by atoms with Gasteiger partial charge in [-0.3, -0.25) is 19.2 Å². The molecule has 112 heavy (non-hydrogen) atoms. The number of rotatable bonds is 12. The van der Waals surface area contributed by atoms with Crippen LogP contribution >= 0.6 is 23.5 Å². The zero-order valence-electron chi connectivity index (χ0n) is 67.7. The number of ether oxygens (including phenoxy) is 16. The van der Waals surface area contributed by atoms with Gasteiger partial charge in [0.05, 0.1) is 145 Å². The smallest absolute Gasteiger partial charge is 0.338 e. The average molecular weight is 1630 g/mol. The predicted molar refractivity (Wildman–Crippen MR) is 426 cm³/mol. The van der Waals surface area contributed by atoms with Crippen LogP contribution in [0.4, 0.5) is 0 Å². The summed E-state index contributed by atoms with van der Waals surface area (Å²) in [5, 5.41) is -1.75. The summed E-state index contributed by atoms with van der Waals surface area (Å²) in [7, 11) is 0. The molecule has 0 N–H and O–H groups in total. The number of esters is 10. The van der Waals surface area contributed by atoms with Gasteiger partial charge in [0.15, 0.2) is 12.2 Å². The lowest BCUT2D eigenvalue weighted by Gasteiger charge is -2.25. The fourth-order valence-corrected chi connectivity index (χ4v) is 14.3. The number of cyclic esters (lactones) is 8. The molecule has 0 amide bonds. The number of thioether (sulfide) groups is 2. The summed E-state index contributed by atoms with van der Waals surface area (Å²) in [6.07, 6.45) is 39.7. The number of carbonyl (C=O) groups is 10. The Labute approximate surface area is 676 Å². The van der Waals surface area contributed by atoms with Crippen molar-refractivity contribution >= 4 is 83.2 Å². The highest BCUT2D eigenvalue weighted by atomic mass is 32.2. The standard InChI is InChI=1S/C84H140O26S2/c85-73-43-45-75(87)101-49-35-27-19-11-5-7-15-23-31-39-53-107-81(91)71(69-77(89)103-51-37-29-21-13-3-1-9-17-25-33-47-99-73)111-67-41-55-109-83(93)79-80(106-66-64-98-62-60-96-58-57-95-59-61-97-63-65-105-79)84(94)110-56-42-68-112-72-70-78(90)104-52-38-30-22-14-4-2-10-18-26-34-48-100-74(86)44-46-76(88)102-50-36-28-20-12-6-8-16-24-32-40-54-108-82(72)92/h43-46,71-72,79-80H,1-42,47-70H2/b45-43-,46-44-/t71?,72?,79-,80-/m1/s1. The lowest BCUT2D eigenvalue weighted by Crippen LogP contribution is -2.46. The van der Waals surface area contributed by atoms with Gasteiger partial charge in [-0.2, -0.15) is 0 Å². The van der Waals surface area contributed by atoms with E-state index in [9.17, 15) is 47.9 Å². The summed E-state index contributed by atoms with van der Waals surface area (Å²) in [4.78, 5) is 131. The predicted octanol–water partition coefficient (Wildman–Crippen LogP) is 14.8. The Kier molecular flexibility index (Phi) is 67.0. The molecule has 0 aromatic carbocycles. The molecule has 1 saturated heterocycles. The second-order valence-electron chi connectivity index (χ2n) is 28.5. The van der Waals surface area contributed by atoms with Crippen LogP contribution in [0, 0.1) is 0 Å². The fourth-order valence-electron chi connectivity index (χ4n) is 12.2. The van der Waals surface area contributed by atoms with Crippen molar-refractivity contribution in [3.63, 3.8) is 0 Å². The Balaban J connectivity index is 1.61. The Bertz CT molecular complexity index is 2340. The van der Waals surface area contributed by atoms with Gasteiger partial charge in [-0.25, -0.2) is 28.8 Å². The maximum absolute atomic E-state index is 14.2. The molecule has 3 aliphatic heterocycles. The molecule has 3 rings (SSSR count). The molecule has 644 valence electrons. The van der Waals surface area contributed by atoms with Gasteiger partial charge in [-0.05, 0) is 75.7 Å². The first kappa shape index (κ1) is 101. The molecule has 0 aliphatic carbocycles. The van der Waals surface area contributed by atoms with E-state index in [1.165, 1.54) is 23.5 Å². The second kappa shape index (κ2) is 74.5. The zero-order chi connectivity index (χ0) is 80.3. The molecule has 0 bridgehead atoms. The third kappa shape index (κ3) is 61.1. The van der Waals surface area contributed by atoms with Gasteiger partial charge in [0.25, 0.3) is 0 Å². The number of hydrogen-bond acceptors (Lipinski definition) is 28. The molecule has 28 heteroatoms. The fraction of sp³-hybridized carbons (Fsp3) is 0.833. The maximum atomic E-state index is 14.2. The molecule has 1 fully saturated rings. The molecule has 0 spiro atoms. The molecule has 4 atom stereocenters. The summed E-state index contributed by atoms with van der Waals surface area (Å²) in [6, 6.07) is 0. The first-order chi connectivity index (χ1) is 54.9. The van der Waals surface area contributed by atoms with Crippen LogP contribution in [0.2, 0.25) is 0 Å². The first-order valence-corrected chi connectivity index (χ1v) is 44.8. The van der Waals surface area contributed by atoms with Crippen molar-refractivity contribution in [1.29, 1.82) is 0 Å². The third-order valence-electron chi connectivity index (χ3n) is 18.7. The summed E-state index contributed by atoms with van der Waals surface area (Å²) >= 11 is 2.42. The molecule has 3 aliphatic rings. The minimum absolute atomic E-state index is 0.0285. The van der Waals surface area contributed by atoms with E-state index >= 15 is 0 Å². The summed E-state index contributed by atoms with van der Waals surface area (Å²) in [6.45, 7) is 3.26. The Morgan fingerprint density at radius 1 is 0.268 bits per heavy atom. The van der Waals surface area contributed by atoms with E-state index in [0.717, 1.165) is 255 Å². The van der Waals surface area contributed by atoms with Gasteiger partial charge in [0, 0.05) is 24.3 Å². The SMILES string of the molecule is O=C1/C=C\C(=O)OCCCCCCCCCCCCOC(=O)C(SCCCOC(=O)[C@@H]2OCCOCCOCCOCCOCCO[C@H]2C(=O)OCCCSC2CC(=O)OCCCCCCCCCCCCOC(=O)/C=C\C(=O)OCCCCCCCCCCCCOC2=O)CC(=O)OCCCCCCCCCCCCO1. The average Bonchev–Trinajstić information content (AvgIpc) is 0.852. The van der Waals surface area contributed by atoms with Crippen molar-refractivity contribution in [2.75, 3.05) is 144 Å². The molecule has 2 unspecified atom stereocenters. The zero-order valence-corrected chi connectivity index (χ0v) is 69.4. The summed E-state index contributed by atoms with van der Waals surface area (Å²) in [5.41, 5.74) is 0. The lowest BCUT2D eigenvalue weighted by atomic mass is 10.1. The molecular formula is C84H140O26S2. The highest BCUT2D eigenvalue weighted by Gasteiger charge is 2.39. The van der Waals surface area contributed by atoms with Crippen molar-refractivity contribution < 1.29 is 124 Å². The quantitative estimate of drug-likeness (QED) is 0.0995. The van der Waals surface area contributed by atoms with Gasteiger partial charge < -0.3 is 75.8 Å². The van der Waals surface area contributed by atoms with Crippen LogP contribution in [0.5, 0.6) is 0 Å². The van der Waals surface area contributed by atoms with Crippen LogP contribution in [-0.4, -0.2) is 226 Å². The van der Waals surface area contributed by atoms with Gasteiger partial charge in [-0.15, -0.1) is 23.5 Å². The second-order valence-corrected chi connectivity index (χ2v) is 31.1. The number of carbonyl (C=O) groups excluding carboxylic acids is 10. The molecule has 0 saturated carbocycles.